The van der Waals surface area contributed by atoms with Crippen LogP contribution in [0.2, 0.25) is 0 Å². The summed E-state index contributed by atoms with van der Waals surface area (Å²) in [6, 6.07) is 11.8. The van der Waals surface area contributed by atoms with Crippen molar-refractivity contribution >= 4 is 23.2 Å². The molecule has 0 saturated carbocycles. The van der Waals surface area contributed by atoms with E-state index in [1.165, 1.54) is 16.7 Å². The van der Waals surface area contributed by atoms with E-state index in [-0.39, 0.29) is 11.8 Å². The summed E-state index contributed by atoms with van der Waals surface area (Å²) in [4.78, 5) is 28.7. The van der Waals surface area contributed by atoms with E-state index in [1.54, 1.807) is 4.90 Å². The summed E-state index contributed by atoms with van der Waals surface area (Å²) in [5.74, 6) is 0.204. The van der Waals surface area contributed by atoms with E-state index in [0.717, 1.165) is 43.7 Å². The highest BCUT2D eigenvalue weighted by Gasteiger charge is 2.26. The minimum atomic E-state index is 0.0373. The molecule has 2 aromatic carbocycles. The number of benzene rings is 2. The summed E-state index contributed by atoms with van der Waals surface area (Å²) < 4.78 is 0. The first-order valence-corrected chi connectivity index (χ1v) is 9.37. The van der Waals surface area contributed by atoms with E-state index in [1.807, 2.05) is 29.2 Å². The zero-order valence-corrected chi connectivity index (χ0v) is 15.4. The minimum Gasteiger partial charge on any atom is -0.312 e. The van der Waals surface area contributed by atoms with Crippen molar-refractivity contribution in [3.05, 3.63) is 58.7 Å². The lowest BCUT2D eigenvalue weighted by Crippen LogP contribution is -2.36. The highest BCUT2D eigenvalue weighted by atomic mass is 16.2. The normalized spacial score (nSPS) is 16.8. The molecule has 4 rings (SSSR count). The lowest BCUT2D eigenvalue weighted by molar-refractivity contribution is -0.117. The molecule has 0 spiro atoms. The van der Waals surface area contributed by atoms with Crippen LogP contribution < -0.4 is 9.80 Å². The molecule has 0 aliphatic carbocycles. The average Bonchev–Trinajstić information content (AvgIpc) is 3.07. The number of carbonyl (C=O) groups is 2. The molecule has 4 nitrogen and oxygen atoms in total. The molecule has 2 aromatic rings. The third-order valence-corrected chi connectivity index (χ3v) is 5.44. The Bertz CT molecular complexity index is 870. The van der Waals surface area contributed by atoms with Gasteiger partial charge in [0.1, 0.15) is 0 Å². The first-order chi connectivity index (χ1) is 12.5. The van der Waals surface area contributed by atoms with Crippen molar-refractivity contribution in [1.82, 2.24) is 0 Å². The first kappa shape index (κ1) is 16.8. The fourth-order valence-electron chi connectivity index (χ4n) is 4.15. The number of aryl methyl sites for hydroxylation is 2. The van der Waals surface area contributed by atoms with Crippen molar-refractivity contribution in [2.75, 3.05) is 22.9 Å². The van der Waals surface area contributed by atoms with Gasteiger partial charge in [0.05, 0.1) is 0 Å². The van der Waals surface area contributed by atoms with Crippen LogP contribution >= 0.6 is 0 Å². The standard InChI is InChI=1S/C22H24N2O2/c1-15-13-16(2)19-5-3-12-24(20(19)14-15)22(26)17-7-9-18(10-8-17)23-11-4-6-21(23)25/h7-10,13-14H,3-6,11-12H2,1-2H3. The second-order valence-corrected chi connectivity index (χ2v) is 7.34. The summed E-state index contributed by atoms with van der Waals surface area (Å²) in [6.45, 7) is 5.72. The van der Waals surface area contributed by atoms with Crippen LogP contribution in [0.4, 0.5) is 11.4 Å². The fraction of sp³-hybridized carbons (Fsp3) is 0.364. The maximum atomic E-state index is 13.1. The zero-order valence-electron chi connectivity index (χ0n) is 15.4. The van der Waals surface area contributed by atoms with Gasteiger partial charge in [0.25, 0.3) is 5.91 Å². The molecule has 134 valence electrons. The van der Waals surface area contributed by atoms with Crippen molar-refractivity contribution in [3.63, 3.8) is 0 Å². The lowest BCUT2D eigenvalue weighted by atomic mass is 9.94. The summed E-state index contributed by atoms with van der Waals surface area (Å²) in [7, 11) is 0. The number of hydrogen-bond acceptors (Lipinski definition) is 2. The topological polar surface area (TPSA) is 40.6 Å². The highest BCUT2D eigenvalue weighted by molar-refractivity contribution is 6.07. The van der Waals surface area contributed by atoms with Gasteiger partial charge in [-0.15, -0.1) is 0 Å². The SMILES string of the molecule is Cc1cc(C)c2c(c1)N(C(=O)c1ccc(N3CCCC3=O)cc1)CCC2. The fourth-order valence-corrected chi connectivity index (χ4v) is 4.15. The predicted molar refractivity (Wildman–Crippen MR) is 104 cm³/mol. The van der Waals surface area contributed by atoms with Crippen LogP contribution in [0.5, 0.6) is 0 Å². The van der Waals surface area contributed by atoms with Crippen molar-refractivity contribution in [2.24, 2.45) is 0 Å². The Morgan fingerprint density at radius 3 is 2.38 bits per heavy atom. The molecular formula is C22H24N2O2. The van der Waals surface area contributed by atoms with Gasteiger partial charge in [-0.25, -0.2) is 0 Å². The molecule has 1 saturated heterocycles. The van der Waals surface area contributed by atoms with Crippen LogP contribution in [0, 0.1) is 13.8 Å². The number of carbonyl (C=O) groups excluding carboxylic acids is 2. The molecule has 2 heterocycles. The Labute approximate surface area is 154 Å². The summed E-state index contributed by atoms with van der Waals surface area (Å²) in [5, 5.41) is 0. The Kier molecular flexibility index (Phi) is 4.27. The monoisotopic (exact) mass is 348 g/mol. The van der Waals surface area contributed by atoms with E-state index in [2.05, 4.69) is 26.0 Å². The van der Waals surface area contributed by atoms with Crippen molar-refractivity contribution in [2.45, 2.75) is 39.5 Å². The van der Waals surface area contributed by atoms with Gasteiger partial charge >= 0.3 is 0 Å². The molecule has 0 aromatic heterocycles. The summed E-state index contributed by atoms with van der Waals surface area (Å²) in [6.07, 6.45) is 3.54. The molecule has 0 bridgehead atoms. The van der Waals surface area contributed by atoms with Crippen molar-refractivity contribution < 1.29 is 9.59 Å². The van der Waals surface area contributed by atoms with Gasteiger partial charge in [-0.05, 0) is 80.1 Å². The number of hydrogen-bond donors (Lipinski definition) is 0. The second kappa shape index (κ2) is 6.60. The van der Waals surface area contributed by atoms with Gasteiger partial charge in [-0.3, -0.25) is 9.59 Å². The Balaban J connectivity index is 1.62. The highest BCUT2D eigenvalue weighted by Crippen LogP contribution is 2.32. The van der Waals surface area contributed by atoms with Crippen LogP contribution in [0.15, 0.2) is 36.4 Å². The third kappa shape index (κ3) is 2.90. The van der Waals surface area contributed by atoms with Crippen LogP contribution in [0.1, 0.15) is 46.3 Å². The van der Waals surface area contributed by atoms with Crippen molar-refractivity contribution in [3.8, 4) is 0 Å². The molecule has 0 radical (unpaired) electrons. The Hall–Kier alpha value is -2.62. The first-order valence-electron chi connectivity index (χ1n) is 9.37. The predicted octanol–water partition coefficient (Wildman–Crippen LogP) is 4.02. The van der Waals surface area contributed by atoms with E-state index in [9.17, 15) is 9.59 Å². The largest absolute Gasteiger partial charge is 0.312 e. The molecule has 4 heteroatoms. The van der Waals surface area contributed by atoms with Gasteiger partial charge in [-0.1, -0.05) is 6.07 Å². The van der Waals surface area contributed by atoms with E-state index < -0.39 is 0 Å². The molecule has 2 amide bonds. The van der Waals surface area contributed by atoms with Crippen LogP contribution in [-0.4, -0.2) is 24.9 Å². The minimum absolute atomic E-state index is 0.0373. The lowest BCUT2D eigenvalue weighted by Gasteiger charge is -2.31. The Morgan fingerprint density at radius 2 is 1.69 bits per heavy atom. The summed E-state index contributed by atoms with van der Waals surface area (Å²) >= 11 is 0. The molecule has 1 fully saturated rings. The molecule has 26 heavy (non-hydrogen) atoms. The van der Waals surface area contributed by atoms with Crippen LogP contribution in [0.25, 0.3) is 0 Å². The molecule has 0 unspecified atom stereocenters. The number of anilines is 2. The molecule has 2 aliphatic rings. The number of amides is 2. The Morgan fingerprint density at radius 1 is 0.962 bits per heavy atom. The third-order valence-electron chi connectivity index (χ3n) is 5.44. The van der Waals surface area contributed by atoms with Gasteiger partial charge in [0.2, 0.25) is 5.91 Å². The van der Waals surface area contributed by atoms with Crippen LogP contribution in [0.3, 0.4) is 0 Å². The van der Waals surface area contributed by atoms with E-state index in [4.69, 9.17) is 0 Å². The van der Waals surface area contributed by atoms with E-state index in [0.29, 0.717) is 12.0 Å². The van der Waals surface area contributed by atoms with Gasteiger partial charge in [0, 0.05) is 36.4 Å². The summed E-state index contributed by atoms with van der Waals surface area (Å²) in [5.41, 5.74) is 6.35. The number of fused-ring (bicyclic) bond motifs is 1. The maximum Gasteiger partial charge on any atom is 0.258 e. The van der Waals surface area contributed by atoms with Gasteiger partial charge in [-0.2, -0.15) is 0 Å². The van der Waals surface area contributed by atoms with Gasteiger partial charge in [0.15, 0.2) is 0 Å². The second-order valence-electron chi connectivity index (χ2n) is 7.34. The zero-order chi connectivity index (χ0) is 18.3. The smallest absolute Gasteiger partial charge is 0.258 e. The quantitative estimate of drug-likeness (QED) is 0.822. The van der Waals surface area contributed by atoms with Crippen molar-refractivity contribution in [1.29, 1.82) is 0 Å². The number of rotatable bonds is 2. The molecule has 0 N–H and O–H groups in total. The molecule has 2 aliphatic heterocycles. The maximum absolute atomic E-state index is 13.1. The molecular weight excluding hydrogens is 324 g/mol. The molecule has 0 atom stereocenters. The van der Waals surface area contributed by atoms with Gasteiger partial charge < -0.3 is 9.80 Å². The average molecular weight is 348 g/mol. The number of nitrogens with zero attached hydrogens (tertiary/aromatic N) is 2. The van der Waals surface area contributed by atoms with E-state index >= 15 is 0 Å². The van der Waals surface area contributed by atoms with Crippen LogP contribution in [-0.2, 0) is 11.2 Å².